The number of carboxylic acids is 1. The van der Waals surface area contributed by atoms with Crippen molar-refractivity contribution in [1.82, 2.24) is 19.9 Å². The van der Waals surface area contributed by atoms with E-state index < -0.39 is 5.97 Å². The van der Waals surface area contributed by atoms with Gasteiger partial charge in [-0.1, -0.05) is 6.07 Å². The van der Waals surface area contributed by atoms with Gasteiger partial charge >= 0.3 is 5.97 Å². The van der Waals surface area contributed by atoms with Gasteiger partial charge in [0.2, 0.25) is 0 Å². The molecule has 4 heterocycles. The van der Waals surface area contributed by atoms with Crippen LogP contribution in [-0.4, -0.2) is 31.0 Å². The van der Waals surface area contributed by atoms with Crippen molar-refractivity contribution < 1.29 is 14.6 Å². The van der Waals surface area contributed by atoms with E-state index in [1.54, 1.807) is 36.8 Å². The second-order valence-corrected chi connectivity index (χ2v) is 7.49. The first-order valence-corrected chi connectivity index (χ1v) is 10.5. The van der Waals surface area contributed by atoms with Crippen molar-refractivity contribution in [3.05, 3.63) is 84.1 Å². The maximum atomic E-state index is 10.8. The lowest BCUT2D eigenvalue weighted by Gasteiger charge is -2.14. The monoisotopic (exact) mass is 441 g/mol. The van der Waals surface area contributed by atoms with Gasteiger partial charge in [-0.05, 0) is 55.8 Å². The van der Waals surface area contributed by atoms with E-state index in [0.717, 1.165) is 22.6 Å². The predicted molar refractivity (Wildman–Crippen MR) is 125 cm³/mol. The molecule has 0 aliphatic rings. The lowest BCUT2D eigenvalue weighted by molar-refractivity contribution is -0.136. The third-order valence-corrected chi connectivity index (χ3v) is 4.98. The number of aliphatic carboxylic acids is 1. The van der Waals surface area contributed by atoms with Gasteiger partial charge in [0.15, 0.2) is 5.75 Å². The number of aromatic nitrogens is 4. The van der Waals surface area contributed by atoms with E-state index in [2.05, 4.69) is 20.3 Å². The Hall–Kier alpha value is -4.33. The molecule has 0 aromatic carbocycles. The minimum absolute atomic E-state index is 0.0284. The molecule has 0 amide bonds. The minimum Gasteiger partial charge on any atom is -0.481 e. The SMILES string of the molecule is Cc1cc(Oc2ccnc(Nc3ccnc(CCC(=O)O)c3)c2)c(-c2ccccn2)nc1C. The van der Waals surface area contributed by atoms with Crippen LogP contribution in [0.15, 0.2) is 67.1 Å². The zero-order valence-corrected chi connectivity index (χ0v) is 18.3. The summed E-state index contributed by atoms with van der Waals surface area (Å²) in [5.74, 6) is 0.926. The van der Waals surface area contributed by atoms with Gasteiger partial charge in [0, 0.05) is 48.2 Å². The summed E-state index contributed by atoms with van der Waals surface area (Å²) in [5, 5.41) is 12.1. The Morgan fingerprint density at radius 3 is 2.64 bits per heavy atom. The largest absolute Gasteiger partial charge is 0.481 e. The molecule has 0 aliphatic carbocycles. The number of hydrogen-bond acceptors (Lipinski definition) is 7. The fraction of sp³-hybridized carbons (Fsp3) is 0.160. The van der Waals surface area contributed by atoms with Gasteiger partial charge in [0.05, 0.1) is 12.1 Å². The molecule has 8 nitrogen and oxygen atoms in total. The normalized spacial score (nSPS) is 10.6. The van der Waals surface area contributed by atoms with Crippen molar-refractivity contribution in [1.29, 1.82) is 0 Å². The lowest BCUT2D eigenvalue weighted by Crippen LogP contribution is -2.01. The topological polar surface area (TPSA) is 110 Å². The number of nitrogens with zero attached hydrogens (tertiary/aromatic N) is 4. The van der Waals surface area contributed by atoms with Gasteiger partial charge in [-0.3, -0.25) is 14.8 Å². The highest BCUT2D eigenvalue weighted by Crippen LogP contribution is 2.33. The highest BCUT2D eigenvalue weighted by atomic mass is 16.5. The lowest BCUT2D eigenvalue weighted by atomic mass is 10.1. The van der Waals surface area contributed by atoms with E-state index >= 15 is 0 Å². The molecule has 2 N–H and O–H groups in total. The van der Waals surface area contributed by atoms with Crippen LogP contribution in [0.4, 0.5) is 11.5 Å². The molecular formula is C25H23N5O3. The zero-order chi connectivity index (χ0) is 23.2. The molecule has 0 atom stereocenters. The number of rotatable bonds is 8. The number of nitrogens with one attached hydrogen (secondary N) is 1. The third kappa shape index (κ3) is 5.68. The van der Waals surface area contributed by atoms with Gasteiger partial charge in [-0.25, -0.2) is 9.97 Å². The van der Waals surface area contributed by atoms with Crippen LogP contribution in [-0.2, 0) is 11.2 Å². The van der Waals surface area contributed by atoms with Crippen molar-refractivity contribution in [2.24, 2.45) is 0 Å². The maximum Gasteiger partial charge on any atom is 0.303 e. The molecule has 8 heteroatoms. The number of aryl methyl sites for hydroxylation is 3. The van der Waals surface area contributed by atoms with Gasteiger partial charge in [-0.2, -0.15) is 0 Å². The van der Waals surface area contributed by atoms with E-state index in [-0.39, 0.29) is 6.42 Å². The Bertz CT molecular complexity index is 1280. The Kier molecular flexibility index (Phi) is 6.54. The summed E-state index contributed by atoms with van der Waals surface area (Å²) >= 11 is 0. The second-order valence-electron chi connectivity index (χ2n) is 7.49. The number of carboxylic acid groups (broad SMARTS) is 1. The number of ether oxygens (including phenoxy) is 1. The fourth-order valence-electron chi connectivity index (χ4n) is 3.19. The fourth-order valence-corrected chi connectivity index (χ4v) is 3.19. The van der Waals surface area contributed by atoms with Crippen LogP contribution in [0.3, 0.4) is 0 Å². The van der Waals surface area contributed by atoms with Gasteiger partial charge in [-0.15, -0.1) is 0 Å². The molecule has 0 radical (unpaired) electrons. The zero-order valence-electron chi connectivity index (χ0n) is 18.3. The van der Waals surface area contributed by atoms with E-state index in [0.29, 0.717) is 35.1 Å². The van der Waals surface area contributed by atoms with Crippen LogP contribution in [0.2, 0.25) is 0 Å². The molecule has 4 aromatic heterocycles. The van der Waals surface area contributed by atoms with E-state index in [1.165, 1.54) is 0 Å². The van der Waals surface area contributed by atoms with Crippen molar-refractivity contribution >= 4 is 17.5 Å². The highest BCUT2D eigenvalue weighted by molar-refractivity contribution is 5.67. The predicted octanol–water partition coefficient (Wildman–Crippen LogP) is 5.10. The summed E-state index contributed by atoms with van der Waals surface area (Å²) in [7, 11) is 0. The Balaban J connectivity index is 1.57. The molecule has 166 valence electrons. The number of hydrogen-bond donors (Lipinski definition) is 2. The second kappa shape index (κ2) is 9.86. The molecule has 0 aliphatic heterocycles. The van der Waals surface area contributed by atoms with Gasteiger partial charge in [0.1, 0.15) is 17.3 Å². The average Bonchev–Trinajstić information content (AvgIpc) is 2.81. The molecule has 0 saturated carbocycles. The van der Waals surface area contributed by atoms with Crippen molar-refractivity contribution in [3.8, 4) is 22.9 Å². The number of carbonyl (C=O) groups is 1. The minimum atomic E-state index is -0.854. The average molecular weight is 441 g/mol. The van der Waals surface area contributed by atoms with Gasteiger partial charge < -0.3 is 15.2 Å². The summed E-state index contributed by atoms with van der Waals surface area (Å²) in [5.41, 5.74) is 4.78. The van der Waals surface area contributed by atoms with Crippen LogP contribution in [0.25, 0.3) is 11.4 Å². The third-order valence-electron chi connectivity index (χ3n) is 4.98. The van der Waals surface area contributed by atoms with Crippen molar-refractivity contribution in [3.63, 3.8) is 0 Å². The molecule has 33 heavy (non-hydrogen) atoms. The van der Waals surface area contributed by atoms with Crippen molar-refractivity contribution in [2.75, 3.05) is 5.32 Å². The smallest absolute Gasteiger partial charge is 0.303 e. The summed E-state index contributed by atoms with van der Waals surface area (Å²) in [6.07, 6.45) is 5.40. The van der Waals surface area contributed by atoms with E-state index in [9.17, 15) is 4.79 Å². The maximum absolute atomic E-state index is 10.8. The Morgan fingerprint density at radius 1 is 1.00 bits per heavy atom. The first-order chi connectivity index (χ1) is 16.0. The molecule has 0 saturated heterocycles. The van der Waals surface area contributed by atoms with E-state index in [1.807, 2.05) is 44.2 Å². The Morgan fingerprint density at radius 2 is 1.85 bits per heavy atom. The highest BCUT2D eigenvalue weighted by Gasteiger charge is 2.13. The molecule has 4 rings (SSSR count). The quantitative estimate of drug-likeness (QED) is 0.388. The molecule has 0 fully saturated rings. The molecule has 4 aromatic rings. The molecular weight excluding hydrogens is 418 g/mol. The van der Waals surface area contributed by atoms with Crippen LogP contribution in [0.1, 0.15) is 23.4 Å². The molecule has 0 bridgehead atoms. The summed E-state index contributed by atoms with van der Waals surface area (Å²) in [6, 6.07) is 14.8. The standard InChI is InChI=1S/C25H23N5O3/c1-16-13-22(25(29-17(16)2)21-5-3-4-10-27-21)33-20-9-12-28-23(15-20)30-19-8-11-26-18(14-19)6-7-24(31)32/h3-5,8-15H,6-7H2,1-2H3,(H,31,32)(H,26,28,30). The molecule has 0 spiro atoms. The Labute approximate surface area is 191 Å². The van der Waals surface area contributed by atoms with Crippen LogP contribution in [0.5, 0.6) is 11.5 Å². The van der Waals surface area contributed by atoms with E-state index in [4.69, 9.17) is 14.8 Å². The number of pyridine rings is 4. The van der Waals surface area contributed by atoms with Crippen LogP contribution < -0.4 is 10.1 Å². The van der Waals surface area contributed by atoms with Crippen LogP contribution in [0, 0.1) is 13.8 Å². The summed E-state index contributed by atoms with van der Waals surface area (Å²) in [6.45, 7) is 3.95. The first kappa shape index (κ1) is 21.9. The van der Waals surface area contributed by atoms with Crippen LogP contribution >= 0.6 is 0 Å². The van der Waals surface area contributed by atoms with Crippen molar-refractivity contribution in [2.45, 2.75) is 26.7 Å². The first-order valence-electron chi connectivity index (χ1n) is 10.5. The van der Waals surface area contributed by atoms with Gasteiger partial charge in [0.25, 0.3) is 0 Å². The molecule has 0 unspecified atom stereocenters. The summed E-state index contributed by atoms with van der Waals surface area (Å²) < 4.78 is 6.21. The number of anilines is 2. The summed E-state index contributed by atoms with van der Waals surface area (Å²) in [4.78, 5) is 28.5.